The topological polar surface area (TPSA) is 93.8 Å². The first-order chi connectivity index (χ1) is 8.69. The summed E-state index contributed by atoms with van der Waals surface area (Å²) in [6.07, 6.45) is 0.903. The van der Waals surface area contributed by atoms with Crippen LogP contribution in [-0.4, -0.2) is 17.7 Å². The lowest BCUT2D eigenvalue weighted by Gasteiger charge is -2.10. The number of anilines is 1. The maximum atomic E-state index is 11.1. The summed E-state index contributed by atoms with van der Waals surface area (Å²) in [5.74, 6) is -0.263. The molecule has 0 radical (unpaired) electrons. The Bertz CT molecular complexity index is 369. The molecule has 1 aromatic rings. The molecule has 1 amide bonds. The fourth-order valence-corrected chi connectivity index (χ4v) is 1.24. The summed E-state index contributed by atoms with van der Waals surface area (Å²) in [5.41, 5.74) is 6.12. The Balaban J connectivity index is 0.00000137. The Morgan fingerprint density at radius 2 is 2.11 bits per heavy atom. The van der Waals surface area contributed by atoms with Crippen molar-refractivity contribution in [3.63, 3.8) is 0 Å². The average molecular weight is 256 g/mol. The molecule has 0 saturated carbocycles. The molecule has 0 aliphatic rings. The molecule has 0 bridgehead atoms. The minimum absolute atomic E-state index is 0.270. The van der Waals surface area contributed by atoms with Gasteiger partial charge in [0.1, 0.15) is 0 Å². The molecule has 0 aliphatic heterocycles. The van der Waals surface area contributed by atoms with Gasteiger partial charge in [-0.15, -0.1) is 0 Å². The van der Waals surface area contributed by atoms with Gasteiger partial charge >= 0.3 is 0 Å². The summed E-state index contributed by atoms with van der Waals surface area (Å²) in [7, 11) is 0. The van der Waals surface area contributed by atoms with Crippen molar-refractivity contribution < 1.29 is 20.0 Å². The first-order valence-corrected chi connectivity index (χ1v) is 5.84. The second kappa shape index (κ2) is 9.26. The fraction of sp³-hybridized carbons (Fsp3) is 0.417. The van der Waals surface area contributed by atoms with E-state index in [-0.39, 0.29) is 5.75 Å². The molecule has 1 rings (SSSR count). The Labute approximate surface area is 107 Å². The summed E-state index contributed by atoms with van der Waals surface area (Å²) in [5, 5.41) is 14.7. The van der Waals surface area contributed by atoms with Crippen molar-refractivity contribution in [3.8, 4) is 5.75 Å². The molecule has 102 valence electrons. The molecule has 6 nitrogen and oxygen atoms in total. The Kier molecular flexibility index (Phi) is 8.34. The summed E-state index contributed by atoms with van der Waals surface area (Å²) < 4.78 is 0. The van der Waals surface area contributed by atoms with Crippen LogP contribution < -0.4 is 15.9 Å². The number of rotatable bonds is 6. The van der Waals surface area contributed by atoms with Crippen LogP contribution >= 0.6 is 0 Å². The van der Waals surface area contributed by atoms with Gasteiger partial charge < -0.3 is 15.9 Å². The maximum absolute atomic E-state index is 11.1. The zero-order valence-electron chi connectivity index (χ0n) is 10.9. The first kappa shape index (κ1) is 16.2. The lowest BCUT2D eigenvalue weighted by atomic mass is 10.1. The number of amides is 1. The number of carbonyl (C=O) groups is 1. The normalized spacial score (nSPS) is 9.11. The second-order valence-electron chi connectivity index (χ2n) is 3.16. The molecular formula is C12H20N2O4. The second-order valence-corrected chi connectivity index (χ2v) is 3.16. The number of carbonyl (C=O) groups excluding carboxylic acids is 1. The first-order valence-electron chi connectivity index (χ1n) is 5.84. The molecule has 18 heavy (non-hydrogen) atoms. The highest BCUT2D eigenvalue weighted by Crippen LogP contribution is 2.22. The molecule has 0 aromatic heterocycles. The van der Waals surface area contributed by atoms with E-state index in [9.17, 15) is 4.79 Å². The molecule has 0 aliphatic carbocycles. The summed E-state index contributed by atoms with van der Waals surface area (Å²) in [6, 6.07) is 4.48. The average Bonchev–Trinajstić information content (AvgIpc) is 2.39. The number of nitrogens with two attached hydrogens (primary N) is 1. The molecule has 6 heteroatoms. The van der Waals surface area contributed by atoms with Crippen molar-refractivity contribution >= 4 is 11.6 Å². The molecule has 0 spiro atoms. The molecule has 0 fully saturated rings. The van der Waals surface area contributed by atoms with Crippen LogP contribution in [0.3, 0.4) is 0 Å². The van der Waals surface area contributed by atoms with Crippen molar-refractivity contribution in [2.75, 3.05) is 11.9 Å². The third-order valence-electron chi connectivity index (χ3n) is 1.96. The van der Waals surface area contributed by atoms with Gasteiger partial charge in [-0.05, 0) is 23.6 Å². The van der Waals surface area contributed by atoms with E-state index < -0.39 is 5.91 Å². The van der Waals surface area contributed by atoms with Gasteiger partial charge in [0, 0.05) is 12.6 Å². The molecule has 0 heterocycles. The van der Waals surface area contributed by atoms with E-state index in [0.29, 0.717) is 17.8 Å². The highest BCUT2D eigenvalue weighted by atomic mass is 17.5. The SMILES string of the molecule is CC.CCCNc1cc(OOO)ccc1C(N)=O. The van der Waals surface area contributed by atoms with Crippen LogP contribution in [0.1, 0.15) is 37.6 Å². The lowest BCUT2D eigenvalue weighted by Crippen LogP contribution is -2.14. The molecule has 0 saturated heterocycles. The maximum Gasteiger partial charge on any atom is 0.250 e. The van der Waals surface area contributed by atoms with Crippen molar-refractivity contribution in [1.29, 1.82) is 0 Å². The van der Waals surface area contributed by atoms with Gasteiger partial charge in [0.05, 0.1) is 11.3 Å². The minimum Gasteiger partial charge on any atom is -0.384 e. The van der Waals surface area contributed by atoms with Crippen LogP contribution in [0.2, 0.25) is 0 Å². The zero-order valence-corrected chi connectivity index (χ0v) is 10.9. The van der Waals surface area contributed by atoms with Crippen molar-refractivity contribution in [2.45, 2.75) is 27.2 Å². The summed E-state index contributed by atoms with van der Waals surface area (Å²) in [4.78, 5) is 15.5. The van der Waals surface area contributed by atoms with Gasteiger partial charge in [-0.2, -0.15) is 0 Å². The van der Waals surface area contributed by atoms with Gasteiger partial charge in [0.25, 0.3) is 5.91 Å². The highest BCUT2D eigenvalue weighted by Gasteiger charge is 2.09. The van der Waals surface area contributed by atoms with Crippen molar-refractivity contribution in [2.24, 2.45) is 5.73 Å². The van der Waals surface area contributed by atoms with Crippen LogP contribution in [-0.2, 0) is 5.04 Å². The van der Waals surface area contributed by atoms with Gasteiger partial charge in [-0.25, -0.2) is 5.26 Å². The van der Waals surface area contributed by atoms with E-state index in [0.717, 1.165) is 6.42 Å². The third-order valence-corrected chi connectivity index (χ3v) is 1.96. The van der Waals surface area contributed by atoms with Crippen LogP contribution in [0.4, 0.5) is 5.69 Å². The van der Waals surface area contributed by atoms with E-state index in [1.807, 2.05) is 20.8 Å². The number of primary amides is 1. The molecule has 0 atom stereocenters. The minimum atomic E-state index is -0.532. The Morgan fingerprint density at radius 1 is 1.44 bits per heavy atom. The van der Waals surface area contributed by atoms with Crippen molar-refractivity contribution in [3.05, 3.63) is 23.8 Å². The Hall–Kier alpha value is -1.79. The number of benzene rings is 1. The quantitative estimate of drug-likeness (QED) is 0.536. The van der Waals surface area contributed by atoms with E-state index in [1.165, 1.54) is 18.2 Å². The van der Waals surface area contributed by atoms with Gasteiger partial charge in [-0.3, -0.25) is 4.79 Å². The monoisotopic (exact) mass is 256 g/mol. The molecule has 4 N–H and O–H groups in total. The van der Waals surface area contributed by atoms with Crippen LogP contribution in [0.15, 0.2) is 18.2 Å². The lowest BCUT2D eigenvalue weighted by molar-refractivity contribution is -0.438. The largest absolute Gasteiger partial charge is 0.384 e. The smallest absolute Gasteiger partial charge is 0.250 e. The standard InChI is InChI=1S/C10H14N2O4.C2H6/c1-2-5-12-9-6-7(15-16-14)3-4-8(9)10(11)13;1-2/h3-4,6,12,14H,2,5H2,1H3,(H2,11,13);1-2H3. The fourth-order valence-electron chi connectivity index (χ4n) is 1.24. The number of hydrogen-bond donors (Lipinski definition) is 3. The van der Waals surface area contributed by atoms with Gasteiger partial charge in [-0.1, -0.05) is 20.8 Å². The van der Waals surface area contributed by atoms with E-state index in [2.05, 4.69) is 15.2 Å². The van der Waals surface area contributed by atoms with E-state index >= 15 is 0 Å². The van der Waals surface area contributed by atoms with Gasteiger partial charge in [0.15, 0.2) is 5.75 Å². The molecule has 0 unspecified atom stereocenters. The van der Waals surface area contributed by atoms with E-state index in [4.69, 9.17) is 11.0 Å². The number of nitrogens with one attached hydrogen (secondary N) is 1. The zero-order chi connectivity index (χ0) is 14.0. The predicted octanol–water partition coefficient (Wildman–Crippen LogP) is 2.42. The Morgan fingerprint density at radius 3 is 2.61 bits per heavy atom. The van der Waals surface area contributed by atoms with Crippen molar-refractivity contribution in [1.82, 2.24) is 0 Å². The highest BCUT2D eigenvalue weighted by molar-refractivity contribution is 5.98. The molecular weight excluding hydrogens is 236 g/mol. The van der Waals surface area contributed by atoms with Crippen LogP contribution in [0, 0.1) is 0 Å². The van der Waals surface area contributed by atoms with Gasteiger partial charge in [0.2, 0.25) is 0 Å². The van der Waals surface area contributed by atoms with Crippen LogP contribution in [0.25, 0.3) is 0 Å². The summed E-state index contributed by atoms with van der Waals surface area (Å²) >= 11 is 0. The van der Waals surface area contributed by atoms with E-state index in [1.54, 1.807) is 0 Å². The third kappa shape index (κ3) is 5.03. The predicted molar refractivity (Wildman–Crippen MR) is 69.4 cm³/mol. The summed E-state index contributed by atoms with van der Waals surface area (Å²) in [6.45, 7) is 6.69. The molecule has 1 aromatic carbocycles. The number of hydrogen-bond acceptors (Lipinski definition) is 5. The van der Waals surface area contributed by atoms with Crippen LogP contribution in [0.5, 0.6) is 5.75 Å².